The molecule has 6 heteroatoms. The van der Waals surface area contributed by atoms with Gasteiger partial charge in [0.15, 0.2) is 0 Å². The predicted octanol–water partition coefficient (Wildman–Crippen LogP) is 16.5. The van der Waals surface area contributed by atoms with E-state index >= 15 is 0 Å². The van der Waals surface area contributed by atoms with Crippen molar-refractivity contribution in [3.63, 3.8) is 0 Å². The number of ether oxygens (including phenoxy) is 1. The molecule has 364 valence electrons. The molecule has 0 saturated heterocycles. The van der Waals surface area contributed by atoms with Gasteiger partial charge in [-0.25, -0.2) is 0 Å². The van der Waals surface area contributed by atoms with Crippen LogP contribution in [-0.4, -0.2) is 46.9 Å². The number of aliphatic hydroxyl groups excluding tert-OH is 2. The third kappa shape index (κ3) is 44.7. The lowest BCUT2D eigenvalue weighted by atomic mass is 10.0. The molecule has 0 aromatic heterocycles. The Bertz CT molecular complexity index is 1020. The number of amides is 1. The molecule has 0 saturated carbocycles. The maximum Gasteiger partial charge on any atom is 0.306 e. The van der Waals surface area contributed by atoms with Gasteiger partial charge in [0, 0.05) is 6.42 Å². The molecule has 3 atom stereocenters. The number of carbonyl (C=O) groups is 2. The lowest BCUT2D eigenvalue weighted by molar-refractivity contribution is -0.151. The summed E-state index contributed by atoms with van der Waals surface area (Å²) in [5, 5.41) is 23.8. The molecule has 0 fully saturated rings. The second-order valence-electron chi connectivity index (χ2n) is 18.6. The van der Waals surface area contributed by atoms with E-state index in [0.29, 0.717) is 19.3 Å². The first kappa shape index (κ1) is 60.1. The summed E-state index contributed by atoms with van der Waals surface area (Å²) in [6.07, 6.45) is 59.3. The van der Waals surface area contributed by atoms with Crippen LogP contribution in [0.2, 0.25) is 0 Å². The van der Waals surface area contributed by atoms with E-state index in [1.807, 2.05) is 0 Å². The van der Waals surface area contributed by atoms with E-state index in [1.54, 1.807) is 0 Å². The molecule has 0 aromatic carbocycles. The standard InChI is InChI=1S/C56H105NO5/c1-4-7-10-13-16-19-22-25-26-27-28-29-30-31-34-37-40-43-46-49-56(61)62-52(47-44-41-38-35-32-23-20-17-14-11-8-5-2)50-55(60)57-53(51-58)54(59)48-45-42-39-36-33-24-21-18-15-12-9-6-3/h8,11,17,20,32,35,52-54,58-59H,4-7,9-10,12-16,18-19,21-31,33-34,36-51H2,1-3H3,(H,57,60)/b11-8+,20-17+,35-32+. The van der Waals surface area contributed by atoms with Crippen molar-refractivity contribution in [3.05, 3.63) is 36.5 Å². The molecule has 0 rings (SSSR count). The van der Waals surface area contributed by atoms with Gasteiger partial charge in [0.2, 0.25) is 5.91 Å². The van der Waals surface area contributed by atoms with Crippen molar-refractivity contribution in [3.8, 4) is 0 Å². The van der Waals surface area contributed by atoms with E-state index in [2.05, 4.69) is 62.5 Å². The molecule has 0 aliphatic rings. The number of esters is 1. The summed E-state index contributed by atoms with van der Waals surface area (Å²) in [5.74, 6) is -0.500. The van der Waals surface area contributed by atoms with Gasteiger partial charge in [-0.2, -0.15) is 0 Å². The maximum atomic E-state index is 13.2. The largest absolute Gasteiger partial charge is 0.462 e. The van der Waals surface area contributed by atoms with Gasteiger partial charge >= 0.3 is 5.97 Å². The van der Waals surface area contributed by atoms with Crippen molar-refractivity contribution in [2.75, 3.05) is 6.61 Å². The first-order valence-electron chi connectivity index (χ1n) is 27.2. The first-order chi connectivity index (χ1) is 30.5. The molecule has 0 heterocycles. The normalized spacial score (nSPS) is 13.4. The molecule has 1 amide bonds. The fourth-order valence-corrected chi connectivity index (χ4v) is 8.39. The highest BCUT2D eigenvalue weighted by atomic mass is 16.5. The van der Waals surface area contributed by atoms with Crippen LogP contribution in [0.15, 0.2) is 36.5 Å². The van der Waals surface area contributed by atoms with Crippen LogP contribution in [0.4, 0.5) is 0 Å². The number of unbranched alkanes of at least 4 members (excludes halogenated alkanes) is 31. The molecule has 0 bridgehead atoms. The van der Waals surface area contributed by atoms with Gasteiger partial charge < -0.3 is 20.3 Å². The summed E-state index contributed by atoms with van der Waals surface area (Å²) in [4.78, 5) is 26.2. The van der Waals surface area contributed by atoms with Crippen LogP contribution in [0.1, 0.15) is 284 Å². The molecular weight excluding hydrogens is 767 g/mol. The fourth-order valence-electron chi connectivity index (χ4n) is 8.39. The number of hydrogen-bond donors (Lipinski definition) is 3. The van der Waals surface area contributed by atoms with Gasteiger partial charge in [-0.1, -0.05) is 250 Å². The maximum absolute atomic E-state index is 13.2. The minimum Gasteiger partial charge on any atom is -0.462 e. The Morgan fingerprint density at radius 3 is 1.31 bits per heavy atom. The smallest absolute Gasteiger partial charge is 0.306 e. The van der Waals surface area contributed by atoms with Gasteiger partial charge in [0.05, 0.1) is 25.2 Å². The van der Waals surface area contributed by atoms with Crippen molar-refractivity contribution in [1.82, 2.24) is 5.32 Å². The number of rotatable bonds is 49. The summed E-state index contributed by atoms with van der Waals surface area (Å²) in [5.41, 5.74) is 0. The summed E-state index contributed by atoms with van der Waals surface area (Å²) >= 11 is 0. The molecule has 3 N–H and O–H groups in total. The van der Waals surface area contributed by atoms with Crippen molar-refractivity contribution < 1.29 is 24.5 Å². The Balaban J connectivity index is 4.49. The van der Waals surface area contributed by atoms with E-state index in [1.165, 1.54) is 161 Å². The van der Waals surface area contributed by atoms with E-state index < -0.39 is 18.2 Å². The highest BCUT2D eigenvalue weighted by molar-refractivity contribution is 5.77. The summed E-state index contributed by atoms with van der Waals surface area (Å²) in [6.45, 7) is 6.38. The van der Waals surface area contributed by atoms with Crippen LogP contribution in [0, 0.1) is 0 Å². The quantitative estimate of drug-likeness (QED) is 0.0321. The van der Waals surface area contributed by atoms with Crippen LogP contribution < -0.4 is 5.32 Å². The molecule has 6 nitrogen and oxygen atoms in total. The lowest BCUT2D eigenvalue weighted by Crippen LogP contribution is -2.46. The summed E-state index contributed by atoms with van der Waals surface area (Å²) in [7, 11) is 0. The van der Waals surface area contributed by atoms with E-state index in [9.17, 15) is 19.8 Å². The minimum absolute atomic E-state index is 0.0554. The minimum atomic E-state index is -0.795. The van der Waals surface area contributed by atoms with Gasteiger partial charge in [-0.3, -0.25) is 9.59 Å². The number of aliphatic hydroxyl groups is 2. The monoisotopic (exact) mass is 872 g/mol. The van der Waals surface area contributed by atoms with Gasteiger partial charge in [-0.15, -0.1) is 0 Å². The second-order valence-corrected chi connectivity index (χ2v) is 18.6. The molecule has 0 aliphatic heterocycles. The Labute approximate surface area is 385 Å². The average Bonchev–Trinajstić information content (AvgIpc) is 3.26. The Morgan fingerprint density at radius 1 is 0.484 bits per heavy atom. The Kier molecular flexibility index (Phi) is 48.5. The molecule has 3 unspecified atom stereocenters. The van der Waals surface area contributed by atoms with Crippen LogP contribution >= 0.6 is 0 Å². The zero-order valence-corrected chi connectivity index (χ0v) is 41.5. The first-order valence-corrected chi connectivity index (χ1v) is 27.2. The van der Waals surface area contributed by atoms with Gasteiger partial charge in [0.25, 0.3) is 0 Å². The fraction of sp³-hybridized carbons (Fsp3) is 0.857. The third-order valence-electron chi connectivity index (χ3n) is 12.5. The number of hydrogen-bond acceptors (Lipinski definition) is 5. The molecule has 0 radical (unpaired) electrons. The number of carbonyl (C=O) groups excluding carboxylic acids is 2. The van der Waals surface area contributed by atoms with Gasteiger partial charge in [0.1, 0.15) is 6.10 Å². The van der Waals surface area contributed by atoms with Crippen LogP contribution in [0.25, 0.3) is 0 Å². The van der Waals surface area contributed by atoms with Gasteiger partial charge in [-0.05, 0) is 57.8 Å². The van der Waals surface area contributed by atoms with Crippen molar-refractivity contribution in [2.24, 2.45) is 0 Å². The van der Waals surface area contributed by atoms with Crippen LogP contribution in [-0.2, 0) is 14.3 Å². The van der Waals surface area contributed by atoms with Crippen molar-refractivity contribution >= 4 is 11.9 Å². The predicted molar refractivity (Wildman–Crippen MR) is 269 cm³/mol. The average molecular weight is 872 g/mol. The molecule has 0 aromatic rings. The molecule has 0 aliphatic carbocycles. The molecule has 0 spiro atoms. The number of allylic oxidation sites excluding steroid dienone is 6. The lowest BCUT2D eigenvalue weighted by Gasteiger charge is -2.24. The summed E-state index contributed by atoms with van der Waals surface area (Å²) < 4.78 is 5.93. The highest BCUT2D eigenvalue weighted by Crippen LogP contribution is 2.18. The molecule has 62 heavy (non-hydrogen) atoms. The summed E-state index contributed by atoms with van der Waals surface area (Å²) in [6, 6.07) is -0.710. The Hall–Kier alpha value is -1.92. The third-order valence-corrected chi connectivity index (χ3v) is 12.5. The zero-order chi connectivity index (χ0) is 45.2. The number of nitrogens with one attached hydrogen (secondary N) is 1. The van der Waals surface area contributed by atoms with E-state index in [0.717, 1.165) is 77.0 Å². The highest BCUT2D eigenvalue weighted by Gasteiger charge is 2.24. The van der Waals surface area contributed by atoms with Crippen LogP contribution in [0.5, 0.6) is 0 Å². The van der Waals surface area contributed by atoms with Crippen LogP contribution in [0.3, 0.4) is 0 Å². The topological polar surface area (TPSA) is 95.9 Å². The van der Waals surface area contributed by atoms with Crippen molar-refractivity contribution in [1.29, 1.82) is 0 Å². The SMILES string of the molecule is CC/C=C/C/C=C/C/C=C/CCCCC(CC(=O)NC(CO)C(O)CCCCCCCCCCCCCC)OC(=O)CCCCCCCCCCCCCCCCCCCCC. The second kappa shape index (κ2) is 50.1. The van der Waals surface area contributed by atoms with E-state index in [-0.39, 0.29) is 24.9 Å². The molecular formula is C56H105NO5. The van der Waals surface area contributed by atoms with Crippen molar-refractivity contribution in [2.45, 2.75) is 302 Å². The zero-order valence-electron chi connectivity index (χ0n) is 41.5. The van der Waals surface area contributed by atoms with E-state index in [4.69, 9.17) is 4.74 Å². The Morgan fingerprint density at radius 2 is 0.871 bits per heavy atom.